The zero-order chi connectivity index (χ0) is 15.6. The maximum Gasteiger partial charge on any atom is 0.401 e. The molecule has 21 heavy (non-hydrogen) atoms. The molecular formula is C16H23F3N2. The molecule has 1 aliphatic rings. The summed E-state index contributed by atoms with van der Waals surface area (Å²) in [5.74, 6) is 0.276. The van der Waals surface area contributed by atoms with Crippen LogP contribution < -0.4 is 5.32 Å². The Morgan fingerprint density at radius 2 is 1.86 bits per heavy atom. The molecule has 0 saturated heterocycles. The Morgan fingerprint density at radius 3 is 2.38 bits per heavy atom. The molecular weight excluding hydrogens is 277 g/mol. The molecule has 0 aliphatic heterocycles. The molecule has 5 heteroatoms. The lowest BCUT2D eigenvalue weighted by atomic mass is 9.77. The molecule has 0 bridgehead atoms. The second-order valence-electron chi connectivity index (χ2n) is 5.78. The summed E-state index contributed by atoms with van der Waals surface area (Å²) in [4.78, 5) is 1.55. The predicted molar refractivity (Wildman–Crippen MR) is 78.4 cm³/mol. The maximum absolute atomic E-state index is 12.8. The van der Waals surface area contributed by atoms with Crippen LogP contribution in [0.4, 0.5) is 13.2 Å². The van der Waals surface area contributed by atoms with Crippen molar-refractivity contribution in [1.29, 1.82) is 0 Å². The van der Waals surface area contributed by atoms with Gasteiger partial charge in [0.05, 0.1) is 6.54 Å². The number of hydrogen-bond acceptors (Lipinski definition) is 2. The second kappa shape index (κ2) is 6.36. The summed E-state index contributed by atoms with van der Waals surface area (Å²) in [5.41, 5.74) is 2.38. The van der Waals surface area contributed by atoms with E-state index in [0.717, 1.165) is 12.0 Å². The first kappa shape index (κ1) is 16.3. The summed E-state index contributed by atoms with van der Waals surface area (Å²) in [6.45, 7) is 3.45. The minimum Gasteiger partial charge on any atom is -0.312 e. The van der Waals surface area contributed by atoms with Crippen molar-refractivity contribution in [2.24, 2.45) is 0 Å². The van der Waals surface area contributed by atoms with Crippen molar-refractivity contribution in [3.05, 3.63) is 35.4 Å². The van der Waals surface area contributed by atoms with Gasteiger partial charge in [-0.25, -0.2) is 0 Å². The summed E-state index contributed by atoms with van der Waals surface area (Å²) < 4.78 is 38.4. The lowest BCUT2D eigenvalue weighted by molar-refractivity contribution is -0.152. The van der Waals surface area contributed by atoms with Crippen LogP contribution in [0.1, 0.15) is 43.4 Å². The van der Waals surface area contributed by atoms with Gasteiger partial charge in [-0.05, 0) is 37.1 Å². The van der Waals surface area contributed by atoms with E-state index in [1.165, 1.54) is 5.56 Å². The van der Waals surface area contributed by atoms with Gasteiger partial charge < -0.3 is 5.32 Å². The number of hydrogen-bond donors (Lipinski definition) is 1. The maximum atomic E-state index is 12.8. The topological polar surface area (TPSA) is 15.3 Å². The number of alkyl halides is 3. The van der Waals surface area contributed by atoms with E-state index >= 15 is 0 Å². The third-order valence-electron chi connectivity index (χ3n) is 4.41. The van der Waals surface area contributed by atoms with E-state index in [2.05, 4.69) is 18.3 Å². The minimum atomic E-state index is -4.16. The Hall–Kier alpha value is -1.07. The van der Waals surface area contributed by atoms with Gasteiger partial charge in [0.15, 0.2) is 0 Å². The van der Waals surface area contributed by atoms with E-state index in [0.29, 0.717) is 6.54 Å². The lowest BCUT2D eigenvalue weighted by Gasteiger charge is -2.43. The Labute approximate surface area is 124 Å². The van der Waals surface area contributed by atoms with Gasteiger partial charge in [0, 0.05) is 12.1 Å². The average Bonchev–Trinajstić information content (AvgIpc) is 2.44. The van der Waals surface area contributed by atoms with Crippen LogP contribution in [0.3, 0.4) is 0 Å². The highest BCUT2D eigenvalue weighted by molar-refractivity contribution is 5.36. The molecule has 0 heterocycles. The highest BCUT2D eigenvalue weighted by Crippen LogP contribution is 2.40. The zero-order valence-electron chi connectivity index (χ0n) is 12.7. The number of nitrogens with zero attached hydrogens (tertiary/aromatic N) is 1. The molecule has 1 aliphatic carbocycles. The Morgan fingerprint density at radius 1 is 1.24 bits per heavy atom. The van der Waals surface area contributed by atoms with Crippen LogP contribution in [0.2, 0.25) is 0 Å². The largest absolute Gasteiger partial charge is 0.401 e. The Balaban J connectivity index is 2.32. The molecule has 0 fully saturated rings. The first-order valence-electron chi connectivity index (χ1n) is 7.44. The summed E-state index contributed by atoms with van der Waals surface area (Å²) in [7, 11) is 1.83. The molecule has 0 radical (unpaired) electrons. The number of likely N-dealkylation sites (N-methyl/N-ethyl adjacent to an activating group) is 2. The fraction of sp³-hybridized carbons (Fsp3) is 0.625. The Kier molecular flexibility index (Phi) is 4.94. The van der Waals surface area contributed by atoms with E-state index in [-0.39, 0.29) is 18.0 Å². The van der Waals surface area contributed by atoms with Crippen molar-refractivity contribution in [3.8, 4) is 0 Å². The van der Waals surface area contributed by atoms with E-state index < -0.39 is 12.7 Å². The van der Waals surface area contributed by atoms with Crippen molar-refractivity contribution in [3.63, 3.8) is 0 Å². The van der Waals surface area contributed by atoms with Gasteiger partial charge in [-0.2, -0.15) is 13.2 Å². The average molecular weight is 300 g/mol. The lowest BCUT2D eigenvalue weighted by Crippen LogP contribution is -2.50. The molecule has 118 valence electrons. The van der Waals surface area contributed by atoms with Gasteiger partial charge >= 0.3 is 6.18 Å². The smallest absolute Gasteiger partial charge is 0.312 e. The number of benzene rings is 1. The van der Waals surface area contributed by atoms with Crippen molar-refractivity contribution >= 4 is 0 Å². The van der Waals surface area contributed by atoms with E-state index in [4.69, 9.17) is 0 Å². The standard InChI is InChI=1S/C16H23F3N2/c1-4-21(10-16(17,18)19)14-9-11(2)12-7-5-6-8-13(12)15(14)20-3/h5-8,11,14-15,20H,4,9-10H2,1-3H3. The summed E-state index contributed by atoms with van der Waals surface area (Å²) >= 11 is 0. The van der Waals surface area contributed by atoms with Gasteiger partial charge in [-0.3, -0.25) is 4.90 Å². The van der Waals surface area contributed by atoms with E-state index in [1.807, 2.05) is 25.2 Å². The fourth-order valence-electron chi connectivity index (χ4n) is 3.48. The first-order chi connectivity index (χ1) is 9.87. The number of nitrogens with one attached hydrogen (secondary N) is 1. The molecule has 1 aromatic carbocycles. The molecule has 1 aromatic rings. The van der Waals surface area contributed by atoms with Crippen LogP contribution >= 0.6 is 0 Å². The number of rotatable bonds is 4. The molecule has 3 unspecified atom stereocenters. The summed E-state index contributed by atoms with van der Waals surface area (Å²) in [6, 6.07) is 7.88. The normalized spacial score (nSPS) is 26.0. The molecule has 3 atom stereocenters. The minimum absolute atomic E-state index is 0.0558. The highest BCUT2D eigenvalue weighted by atomic mass is 19.4. The molecule has 2 nitrogen and oxygen atoms in total. The summed E-state index contributed by atoms with van der Waals surface area (Å²) in [5, 5.41) is 3.22. The number of fused-ring (bicyclic) bond motifs is 1. The number of halogens is 3. The molecule has 0 aromatic heterocycles. The SMILES string of the molecule is CCN(CC(F)(F)F)C1CC(C)c2ccccc2C1NC. The van der Waals surface area contributed by atoms with Crippen LogP contribution in [0, 0.1) is 0 Å². The molecule has 0 saturated carbocycles. The predicted octanol–water partition coefficient (Wildman–Crippen LogP) is 3.71. The van der Waals surface area contributed by atoms with Crippen molar-refractivity contribution in [1.82, 2.24) is 10.2 Å². The molecule has 1 N–H and O–H groups in total. The van der Waals surface area contributed by atoms with E-state index in [1.54, 1.807) is 11.8 Å². The molecule has 0 spiro atoms. The van der Waals surface area contributed by atoms with Crippen molar-refractivity contribution in [2.75, 3.05) is 20.1 Å². The van der Waals surface area contributed by atoms with Crippen LogP contribution in [-0.2, 0) is 0 Å². The van der Waals surface area contributed by atoms with Gasteiger partial charge in [-0.1, -0.05) is 38.1 Å². The molecule has 0 amide bonds. The molecule has 2 rings (SSSR count). The van der Waals surface area contributed by atoms with Gasteiger partial charge in [0.2, 0.25) is 0 Å². The van der Waals surface area contributed by atoms with Gasteiger partial charge in [0.25, 0.3) is 0 Å². The quantitative estimate of drug-likeness (QED) is 0.912. The zero-order valence-corrected chi connectivity index (χ0v) is 12.7. The van der Waals surface area contributed by atoms with Crippen molar-refractivity contribution < 1.29 is 13.2 Å². The first-order valence-corrected chi connectivity index (χ1v) is 7.44. The van der Waals surface area contributed by atoms with Crippen LogP contribution in [0.25, 0.3) is 0 Å². The van der Waals surface area contributed by atoms with Gasteiger partial charge in [0.1, 0.15) is 0 Å². The Bertz CT molecular complexity index is 473. The fourth-order valence-corrected chi connectivity index (χ4v) is 3.48. The van der Waals surface area contributed by atoms with Gasteiger partial charge in [-0.15, -0.1) is 0 Å². The van der Waals surface area contributed by atoms with E-state index in [9.17, 15) is 13.2 Å². The van der Waals surface area contributed by atoms with Crippen LogP contribution in [0.5, 0.6) is 0 Å². The van der Waals surface area contributed by atoms with Crippen LogP contribution in [-0.4, -0.2) is 37.3 Å². The third-order valence-corrected chi connectivity index (χ3v) is 4.41. The monoisotopic (exact) mass is 300 g/mol. The highest BCUT2D eigenvalue weighted by Gasteiger charge is 2.39. The third kappa shape index (κ3) is 3.58. The van der Waals surface area contributed by atoms with Crippen molar-refractivity contribution in [2.45, 2.75) is 44.4 Å². The van der Waals surface area contributed by atoms with Crippen LogP contribution in [0.15, 0.2) is 24.3 Å². The summed E-state index contributed by atoms with van der Waals surface area (Å²) in [6.07, 6.45) is -3.42. The second-order valence-corrected chi connectivity index (χ2v) is 5.78.